The maximum absolute atomic E-state index is 13.4. The number of aliphatic hydroxyl groups is 1. The quantitative estimate of drug-likeness (QED) is 0.526. The molecule has 4 atom stereocenters. The molecule has 6 saturated carbocycles. The SMILES string of the molecule is O=C(CC12CC3CC(CC(C3)C1)C2)Nc1cc(NC2[C@@H]3CC[C@@H](C3)[C@H]2CO)nc2ccccc12. The summed E-state index contributed by atoms with van der Waals surface area (Å²) in [5, 5.41) is 18.0. The number of hydrogen-bond donors (Lipinski definition) is 3. The van der Waals surface area contributed by atoms with Gasteiger partial charge in [0.1, 0.15) is 5.82 Å². The molecular weight excluding hydrogens is 422 g/mol. The number of para-hydroxylation sites is 1. The number of benzene rings is 1. The summed E-state index contributed by atoms with van der Waals surface area (Å²) in [6, 6.07) is 10.4. The summed E-state index contributed by atoms with van der Waals surface area (Å²) in [6.45, 7) is 0.237. The highest BCUT2D eigenvalue weighted by atomic mass is 16.3. The van der Waals surface area contributed by atoms with E-state index < -0.39 is 0 Å². The standard InChI is InChI=1S/C29H37N3O2/c33-16-23-20-5-6-21(10-20)28(23)32-26-11-25(22-3-1-2-4-24(22)30-26)31-27(34)15-29-12-17-7-18(13-29)9-19(8-17)14-29/h1-4,11,17-21,23,28,33H,5-10,12-16H2,(H2,30,31,32,34)/t17?,18?,19?,20-,21+,23+,28?,29?/m0/s1. The smallest absolute Gasteiger partial charge is 0.224 e. The van der Waals surface area contributed by atoms with Crippen molar-refractivity contribution in [2.45, 2.75) is 70.3 Å². The molecule has 1 unspecified atom stereocenters. The van der Waals surface area contributed by atoms with E-state index in [1.807, 2.05) is 24.3 Å². The summed E-state index contributed by atoms with van der Waals surface area (Å²) in [4.78, 5) is 18.3. The van der Waals surface area contributed by atoms with Crippen molar-refractivity contribution in [1.29, 1.82) is 0 Å². The third kappa shape index (κ3) is 3.54. The summed E-state index contributed by atoms with van der Waals surface area (Å²) < 4.78 is 0. The first-order chi connectivity index (χ1) is 16.6. The van der Waals surface area contributed by atoms with Gasteiger partial charge in [0, 0.05) is 36.4 Å². The second-order valence-electron chi connectivity index (χ2n) is 12.6. The number of anilines is 2. The minimum absolute atomic E-state index is 0.164. The van der Waals surface area contributed by atoms with Crippen LogP contribution in [0, 0.1) is 40.9 Å². The lowest BCUT2D eigenvalue weighted by Gasteiger charge is -2.56. The first kappa shape index (κ1) is 21.2. The molecule has 1 heterocycles. The van der Waals surface area contributed by atoms with E-state index in [1.54, 1.807) is 0 Å². The number of rotatable bonds is 6. The number of carbonyl (C=O) groups is 1. The van der Waals surface area contributed by atoms with Gasteiger partial charge < -0.3 is 15.7 Å². The number of fused-ring (bicyclic) bond motifs is 3. The zero-order chi connectivity index (χ0) is 22.9. The molecule has 0 spiro atoms. The lowest BCUT2D eigenvalue weighted by molar-refractivity contribution is -0.124. The normalized spacial score (nSPS) is 39.6. The molecule has 6 fully saturated rings. The third-order valence-electron chi connectivity index (χ3n) is 10.3. The molecule has 6 aliphatic rings. The Morgan fingerprint density at radius 3 is 2.44 bits per heavy atom. The van der Waals surface area contributed by atoms with Crippen LogP contribution in [-0.4, -0.2) is 28.6 Å². The van der Waals surface area contributed by atoms with Crippen LogP contribution in [0.3, 0.4) is 0 Å². The highest BCUT2D eigenvalue weighted by Crippen LogP contribution is 2.61. The molecule has 6 aliphatic carbocycles. The Morgan fingerprint density at radius 1 is 1.00 bits per heavy atom. The van der Waals surface area contributed by atoms with Crippen LogP contribution in [0.4, 0.5) is 11.5 Å². The molecule has 34 heavy (non-hydrogen) atoms. The molecule has 0 saturated heterocycles. The van der Waals surface area contributed by atoms with Crippen LogP contribution in [0.25, 0.3) is 10.9 Å². The fourth-order valence-corrected chi connectivity index (χ4v) is 9.46. The number of aliphatic hydroxyl groups excluding tert-OH is 1. The minimum Gasteiger partial charge on any atom is -0.396 e. The van der Waals surface area contributed by atoms with Gasteiger partial charge in [-0.25, -0.2) is 4.98 Å². The number of nitrogens with zero attached hydrogens (tertiary/aromatic N) is 1. The van der Waals surface area contributed by atoms with Crippen LogP contribution >= 0.6 is 0 Å². The van der Waals surface area contributed by atoms with E-state index >= 15 is 0 Å². The van der Waals surface area contributed by atoms with Crippen molar-refractivity contribution in [2.75, 3.05) is 17.2 Å². The summed E-state index contributed by atoms with van der Waals surface area (Å²) in [7, 11) is 0. The van der Waals surface area contributed by atoms with Gasteiger partial charge in [-0.2, -0.15) is 0 Å². The molecule has 0 aliphatic heterocycles. The highest BCUT2D eigenvalue weighted by Gasteiger charge is 2.51. The Morgan fingerprint density at radius 2 is 1.71 bits per heavy atom. The first-order valence-corrected chi connectivity index (χ1v) is 13.6. The first-order valence-electron chi connectivity index (χ1n) is 13.6. The van der Waals surface area contributed by atoms with E-state index in [4.69, 9.17) is 4.98 Å². The molecule has 1 aromatic carbocycles. The Labute approximate surface area is 202 Å². The third-order valence-corrected chi connectivity index (χ3v) is 10.3. The molecule has 1 amide bonds. The zero-order valence-corrected chi connectivity index (χ0v) is 20.0. The zero-order valence-electron chi connectivity index (χ0n) is 20.0. The molecule has 8 rings (SSSR count). The summed E-state index contributed by atoms with van der Waals surface area (Å²) in [5.74, 6) is 5.11. The fourth-order valence-electron chi connectivity index (χ4n) is 9.46. The molecule has 0 radical (unpaired) electrons. The van der Waals surface area contributed by atoms with Crippen LogP contribution < -0.4 is 10.6 Å². The summed E-state index contributed by atoms with van der Waals surface area (Å²) >= 11 is 0. The van der Waals surface area contributed by atoms with Gasteiger partial charge in [0.25, 0.3) is 0 Å². The van der Waals surface area contributed by atoms with Crippen molar-refractivity contribution in [3.05, 3.63) is 30.3 Å². The molecule has 1 aromatic heterocycles. The summed E-state index contributed by atoms with van der Waals surface area (Å²) in [5.41, 5.74) is 2.01. The fraction of sp³-hybridized carbons (Fsp3) is 0.655. The summed E-state index contributed by atoms with van der Waals surface area (Å²) in [6.07, 6.45) is 12.3. The number of hydrogen-bond acceptors (Lipinski definition) is 4. The van der Waals surface area contributed by atoms with Crippen LogP contribution in [0.2, 0.25) is 0 Å². The maximum Gasteiger partial charge on any atom is 0.224 e. The molecule has 2 aromatic rings. The van der Waals surface area contributed by atoms with Gasteiger partial charge in [-0.15, -0.1) is 0 Å². The van der Waals surface area contributed by atoms with Gasteiger partial charge >= 0.3 is 0 Å². The number of pyridine rings is 1. The Hall–Kier alpha value is -2.14. The number of nitrogens with one attached hydrogen (secondary N) is 2. The van der Waals surface area contributed by atoms with Crippen molar-refractivity contribution >= 4 is 28.3 Å². The van der Waals surface area contributed by atoms with Crippen LogP contribution in [0.1, 0.15) is 64.2 Å². The predicted octanol–water partition coefficient (Wildman–Crippen LogP) is 5.60. The second kappa shape index (κ2) is 7.94. The van der Waals surface area contributed by atoms with Crippen LogP contribution in [0.5, 0.6) is 0 Å². The molecule has 5 nitrogen and oxygen atoms in total. The molecule has 6 bridgehead atoms. The topological polar surface area (TPSA) is 74.2 Å². The van der Waals surface area contributed by atoms with Gasteiger partial charge in [-0.1, -0.05) is 18.2 Å². The Kier molecular flexibility index (Phi) is 4.94. The van der Waals surface area contributed by atoms with Crippen molar-refractivity contribution in [2.24, 2.45) is 40.9 Å². The Bertz CT molecular complexity index is 1080. The van der Waals surface area contributed by atoms with Crippen molar-refractivity contribution in [3.8, 4) is 0 Å². The average molecular weight is 460 g/mol. The van der Waals surface area contributed by atoms with Gasteiger partial charge in [-0.05, 0) is 98.9 Å². The lowest BCUT2D eigenvalue weighted by Crippen LogP contribution is -2.47. The van der Waals surface area contributed by atoms with E-state index in [0.717, 1.165) is 40.2 Å². The minimum atomic E-state index is 0.164. The average Bonchev–Trinajstić information content (AvgIpc) is 3.39. The van der Waals surface area contributed by atoms with Gasteiger partial charge in [0.05, 0.1) is 11.2 Å². The van der Waals surface area contributed by atoms with Crippen molar-refractivity contribution < 1.29 is 9.90 Å². The maximum atomic E-state index is 13.4. The number of carbonyl (C=O) groups excluding carboxylic acids is 1. The monoisotopic (exact) mass is 459 g/mol. The second-order valence-corrected chi connectivity index (χ2v) is 12.6. The lowest BCUT2D eigenvalue weighted by atomic mass is 9.49. The number of amides is 1. The van der Waals surface area contributed by atoms with Gasteiger partial charge in [-0.3, -0.25) is 4.79 Å². The van der Waals surface area contributed by atoms with E-state index in [1.165, 1.54) is 57.8 Å². The van der Waals surface area contributed by atoms with Crippen LogP contribution in [-0.2, 0) is 4.79 Å². The molecule has 5 heteroatoms. The van der Waals surface area contributed by atoms with Crippen molar-refractivity contribution in [3.63, 3.8) is 0 Å². The van der Waals surface area contributed by atoms with E-state index in [9.17, 15) is 9.90 Å². The largest absolute Gasteiger partial charge is 0.396 e. The highest BCUT2D eigenvalue weighted by molar-refractivity contribution is 6.02. The van der Waals surface area contributed by atoms with Gasteiger partial charge in [0.15, 0.2) is 0 Å². The Balaban J connectivity index is 1.13. The van der Waals surface area contributed by atoms with Gasteiger partial charge in [0.2, 0.25) is 5.91 Å². The molecule has 3 N–H and O–H groups in total. The van der Waals surface area contributed by atoms with Crippen molar-refractivity contribution in [1.82, 2.24) is 4.98 Å². The van der Waals surface area contributed by atoms with E-state index in [2.05, 4.69) is 16.7 Å². The van der Waals surface area contributed by atoms with E-state index in [0.29, 0.717) is 24.2 Å². The number of aromatic nitrogens is 1. The predicted molar refractivity (Wildman–Crippen MR) is 134 cm³/mol. The van der Waals surface area contributed by atoms with E-state index in [-0.39, 0.29) is 24.0 Å². The molecular formula is C29H37N3O2. The van der Waals surface area contributed by atoms with Crippen LogP contribution in [0.15, 0.2) is 30.3 Å². The molecule has 180 valence electrons.